The maximum absolute atomic E-state index is 13.3. The molecule has 43 heavy (non-hydrogen) atoms. The fourth-order valence-electron chi connectivity index (χ4n) is 7.13. The Labute approximate surface area is 253 Å². The van der Waals surface area contributed by atoms with Crippen LogP contribution in [-0.2, 0) is 14.2 Å². The van der Waals surface area contributed by atoms with Crippen LogP contribution in [0.3, 0.4) is 0 Å². The quantitative estimate of drug-likeness (QED) is 0.410. The maximum atomic E-state index is 13.3. The predicted octanol–water partition coefficient (Wildman–Crippen LogP) is 5.14. The number of nitrogens with zero attached hydrogens (tertiary/aromatic N) is 3. The van der Waals surface area contributed by atoms with E-state index in [0.29, 0.717) is 81.7 Å². The maximum Gasteiger partial charge on any atom is 0.573 e. The Balaban J connectivity index is 1.10. The van der Waals surface area contributed by atoms with Crippen LogP contribution >= 0.6 is 11.6 Å². The monoisotopic (exact) mass is 626 g/mol. The predicted molar refractivity (Wildman–Crippen MR) is 155 cm³/mol. The van der Waals surface area contributed by atoms with E-state index in [1.807, 2.05) is 0 Å². The molecule has 13 heteroatoms. The normalized spacial score (nSPS) is 30.8. The van der Waals surface area contributed by atoms with Crippen LogP contribution in [0.15, 0.2) is 35.3 Å². The van der Waals surface area contributed by atoms with Crippen LogP contribution in [0.1, 0.15) is 38.6 Å². The minimum absolute atomic E-state index is 0.0922. The molecule has 1 N–H and O–H groups in total. The van der Waals surface area contributed by atoms with Crippen molar-refractivity contribution < 1.29 is 32.1 Å². The van der Waals surface area contributed by atoms with Gasteiger partial charge in [0.05, 0.1) is 50.5 Å². The van der Waals surface area contributed by atoms with Crippen LogP contribution in [-0.4, -0.2) is 74.4 Å². The van der Waals surface area contributed by atoms with E-state index in [1.54, 1.807) is 18.3 Å². The van der Waals surface area contributed by atoms with Crippen molar-refractivity contribution >= 4 is 23.0 Å². The van der Waals surface area contributed by atoms with Crippen LogP contribution < -0.4 is 20.5 Å². The molecule has 3 heterocycles. The van der Waals surface area contributed by atoms with Gasteiger partial charge in [-0.15, -0.1) is 13.2 Å². The molecule has 6 rings (SSSR count). The Morgan fingerprint density at radius 2 is 1.86 bits per heavy atom. The second kappa shape index (κ2) is 12.8. The number of alkyl halides is 3. The third-order valence-electron chi connectivity index (χ3n) is 9.46. The number of halogens is 4. The summed E-state index contributed by atoms with van der Waals surface area (Å²) in [6.45, 7) is 6.54. The van der Waals surface area contributed by atoms with E-state index in [2.05, 4.69) is 27.0 Å². The van der Waals surface area contributed by atoms with E-state index < -0.39 is 6.36 Å². The molecule has 236 valence electrons. The third kappa shape index (κ3) is 7.08. The van der Waals surface area contributed by atoms with Crippen LogP contribution in [0, 0.1) is 23.7 Å². The Morgan fingerprint density at radius 1 is 1.09 bits per heavy atom. The number of rotatable bonds is 9. The number of aromatic nitrogens is 2. The summed E-state index contributed by atoms with van der Waals surface area (Å²) in [5.41, 5.74) is 1.01. The summed E-state index contributed by atoms with van der Waals surface area (Å²) in [5.74, 6) is 2.10. The lowest BCUT2D eigenvalue weighted by atomic mass is 9.89. The summed E-state index contributed by atoms with van der Waals surface area (Å²) in [4.78, 5) is 15.4. The van der Waals surface area contributed by atoms with E-state index in [4.69, 9.17) is 25.8 Å². The van der Waals surface area contributed by atoms with Crippen molar-refractivity contribution in [1.29, 1.82) is 0 Å². The Morgan fingerprint density at radius 3 is 2.56 bits per heavy atom. The first-order valence-corrected chi connectivity index (χ1v) is 15.5. The number of fused-ring (bicyclic) bond motifs is 1. The Hall–Kier alpha value is -2.54. The number of hydrogen-bond acceptors (Lipinski definition) is 8. The van der Waals surface area contributed by atoms with Gasteiger partial charge in [0.2, 0.25) is 0 Å². The number of hydrogen-bond donors (Lipinski definition) is 1. The van der Waals surface area contributed by atoms with Crippen molar-refractivity contribution in [2.75, 3.05) is 56.3 Å². The van der Waals surface area contributed by atoms with Crippen LogP contribution in [0.4, 0.5) is 24.5 Å². The van der Waals surface area contributed by atoms with Gasteiger partial charge in [-0.3, -0.25) is 4.79 Å². The van der Waals surface area contributed by atoms with Gasteiger partial charge in [-0.2, -0.15) is 5.10 Å². The van der Waals surface area contributed by atoms with Crippen molar-refractivity contribution in [2.24, 2.45) is 23.7 Å². The zero-order valence-electron chi connectivity index (χ0n) is 24.1. The molecule has 9 nitrogen and oxygen atoms in total. The summed E-state index contributed by atoms with van der Waals surface area (Å²) in [7, 11) is 0. The van der Waals surface area contributed by atoms with E-state index in [-0.39, 0.29) is 34.5 Å². The first kappa shape index (κ1) is 30.5. The minimum Gasteiger partial charge on any atom is -0.406 e. The number of nitrogens with one attached hydrogen (secondary N) is 1. The van der Waals surface area contributed by atoms with Crippen LogP contribution in [0.5, 0.6) is 5.75 Å². The topological polar surface area (TPSA) is 87.1 Å². The first-order valence-electron chi connectivity index (χ1n) is 15.1. The highest BCUT2D eigenvalue weighted by Gasteiger charge is 2.53. The highest BCUT2D eigenvalue weighted by molar-refractivity contribution is 6.32. The van der Waals surface area contributed by atoms with Gasteiger partial charge in [-0.25, -0.2) is 4.68 Å². The largest absolute Gasteiger partial charge is 0.573 e. The molecule has 5 atom stereocenters. The second-order valence-electron chi connectivity index (χ2n) is 12.1. The lowest BCUT2D eigenvalue weighted by Gasteiger charge is -2.40. The molecule has 4 aliphatic rings. The molecule has 0 amide bonds. The molecule has 2 aliphatic carbocycles. The third-order valence-corrected chi connectivity index (χ3v) is 9.83. The molecule has 0 bridgehead atoms. The van der Waals surface area contributed by atoms with Gasteiger partial charge in [0.1, 0.15) is 10.8 Å². The number of ether oxygens (including phenoxy) is 4. The molecule has 0 radical (unpaired) electrons. The molecular formula is C30H38ClF3N4O5. The van der Waals surface area contributed by atoms with Gasteiger partial charge < -0.3 is 29.2 Å². The Kier molecular flexibility index (Phi) is 9.09. The van der Waals surface area contributed by atoms with Gasteiger partial charge in [0.25, 0.3) is 5.56 Å². The van der Waals surface area contributed by atoms with E-state index in [9.17, 15) is 18.0 Å². The van der Waals surface area contributed by atoms with Crippen LogP contribution in [0.25, 0.3) is 0 Å². The molecular weight excluding hydrogens is 589 g/mol. The summed E-state index contributed by atoms with van der Waals surface area (Å²) in [6.07, 6.45) is -0.344. The standard InChI is InChI=1S/C30H38ClF3N4O5/c1-18-25-17-41-15-19(27(18)25)12-35-26-13-36-38(29(39)28(26)31)22-4-2-20(3-5-22)37(14-24-16-40-10-11-42-24)21-6-8-23(9-7-21)43-30(32,33)34/h6-9,13,18-20,22,24-25,27,35H,2-5,10-12,14-17H2,1H3/t18-,19+,20-,22-,24-,25+,27?/m0/s1. The molecule has 1 aromatic carbocycles. The first-order chi connectivity index (χ1) is 20.7. The fraction of sp³-hybridized carbons (Fsp3) is 0.667. The SMILES string of the molecule is C[C@@H]1C2[C@H](CNc3cnn([C@H]4CC[C@H](N(C[C@H]5COCCO5)c5ccc(OC(F)(F)F)cc5)CC4)c(=O)c3Cl)COC[C@@H]21. The van der Waals surface area contributed by atoms with Crippen LogP contribution in [0.2, 0.25) is 5.02 Å². The molecule has 2 aromatic rings. The minimum atomic E-state index is -4.75. The second-order valence-corrected chi connectivity index (χ2v) is 12.5. The molecule has 0 spiro atoms. The molecule has 4 fully saturated rings. The molecule has 1 aromatic heterocycles. The zero-order chi connectivity index (χ0) is 30.1. The highest BCUT2D eigenvalue weighted by Crippen LogP contribution is 2.53. The zero-order valence-corrected chi connectivity index (χ0v) is 24.9. The number of benzene rings is 1. The summed E-state index contributed by atoms with van der Waals surface area (Å²) < 4.78 is 60.8. The average Bonchev–Trinajstić information content (AvgIpc) is 3.67. The van der Waals surface area contributed by atoms with E-state index in [0.717, 1.165) is 25.1 Å². The van der Waals surface area contributed by atoms with Crippen molar-refractivity contribution in [3.05, 3.63) is 45.8 Å². The van der Waals surface area contributed by atoms with Gasteiger partial charge in [-0.1, -0.05) is 18.5 Å². The average molecular weight is 627 g/mol. The number of anilines is 2. The fourth-order valence-corrected chi connectivity index (χ4v) is 7.33. The lowest BCUT2D eigenvalue weighted by Crippen LogP contribution is -2.46. The van der Waals surface area contributed by atoms with Gasteiger partial charge >= 0.3 is 6.36 Å². The Bertz CT molecular complexity index is 1300. The van der Waals surface area contributed by atoms with Gasteiger partial charge in [-0.05, 0) is 67.7 Å². The lowest BCUT2D eigenvalue weighted by molar-refractivity contribution is -0.274. The summed E-state index contributed by atoms with van der Waals surface area (Å²) in [5, 5.41) is 7.99. The van der Waals surface area contributed by atoms with Gasteiger partial charge in [0.15, 0.2) is 0 Å². The molecule has 2 aliphatic heterocycles. The molecule has 2 saturated heterocycles. The molecule has 2 saturated carbocycles. The summed E-state index contributed by atoms with van der Waals surface area (Å²) in [6, 6.07) is 5.91. The van der Waals surface area contributed by atoms with E-state index in [1.165, 1.54) is 16.8 Å². The smallest absolute Gasteiger partial charge is 0.406 e. The van der Waals surface area contributed by atoms with Crippen molar-refractivity contribution in [1.82, 2.24) is 9.78 Å². The van der Waals surface area contributed by atoms with E-state index >= 15 is 0 Å². The van der Waals surface area contributed by atoms with Crippen molar-refractivity contribution in [2.45, 2.75) is 57.2 Å². The highest BCUT2D eigenvalue weighted by atomic mass is 35.5. The summed E-state index contributed by atoms with van der Waals surface area (Å²) >= 11 is 6.55. The van der Waals surface area contributed by atoms with Crippen molar-refractivity contribution in [3.8, 4) is 5.75 Å². The van der Waals surface area contributed by atoms with Crippen molar-refractivity contribution in [3.63, 3.8) is 0 Å². The molecule has 1 unspecified atom stereocenters. The van der Waals surface area contributed by atoms with Gasteiger partial charge in [0, 0.05) is 37.3 Å².